The lowest BCUT2D eigenvalue weighted by Gasteiger charge is -2.08. The second-order valence-electron chi connectivity index (χ2n) is 4.95. The molecule has 0 saturated heterocycles. The molecule has 2 nitrogen and oxygen atoms in total. The van der Waals surface area contributed by atoms with E-state index in [0.717, 1.165) is 37.8 Å². The highest BCUT2D eigenvalue weighted by molar-refractivity contribution is 5.27. The van der Waals surface area contributed by atoms with Crippen LogP contribution in [0.3, 0.4) is 0 Å². The smallest absolute Gasteiger partial charge is 0.119 e. The van der Waals surface area contributed by atoms with Gasteiger partial charge in [-0.3, -0.25) is 0 Å². The molecule has 1 N–H and O–H groups in total. The quantitative estimate of drug-likeness (QED) is 0.697. The van der Waals surface area contributed by atoms with Crippen LogP contribution in [0.15, 0.2) is 24.3 Å². The molecule has 2 heteroatoms. The van der Waals surface area contributed by atoms with Gasteiger partial charge in [0.15, 0.2) is 0 Å². The van der Waals surface area contributed by atoms with E-state index in [9.17, 15) is 0 Å². The summed E-state index contributed by atoms with van der Waals surface area (Å²) in [4.78, 5) is 0. The van der Waals surface area contributed by atoms with E-state index in [-0.39, 0.29) is 0 Å². The van der Waals surface area contributed by atoms with E-state index in [0.29, 0.717) is 0 Å². The summed E-state index contributed by atoms with van der Waals surface area (Å²) in [7, 11) is 0. The van der Waals surface area contributed by atoms with Crippen molar-refractivity contribution in [2.24, 2.45) is 5.92 Å². The van der Waals surface area contributed by atoms with Crippen molar-refractivity contribution in [1.82, 2.24) is 5.32 Å². The number of hydrogen-bond donors (Lipinski definition) is 1. The third-order valence-corrected chi connectivity index (χ3v) is 2.65. The van der Waals surface area contributed by atoms with Crippen molar-refractivity contribution >= 4 is 0 Å². The highest BCUT2D eigenvalue weighted by Crippen LogP contribution is 2.12. The predicted octanol–water partition coefficient (Wildman–Crippen LogP) is 3.40. The summed E-state index contributed by atoms with van der Waals surface area (Å²) in [6, 6.07) is 8.21. The molecule has 1 aromatic rings. The lowest BCUT2D eigenvalue weighted by Crippen LogP contribution is -2.19. The summed E-state index contributed by atoms with van der Waals surface area (Å²) < 4.78 is 5.67. The maximum absolute atomic E-state index is 5.67. The van der Waals surface area contributed by atoms with Crippen LogP contribution >= 0.6 is 0 Å². The first-order valence-electron chi connectivity index (χ1n) is 6.58. The molecule has 0 bridgehead atoms. The van der Waals surface area contributed by atoms with Crippen molar-refractivity contribution in [2.75, 3.05) is 19.7 Å². The van der Waals surface area contributed by atoms with Gasteiger partial charge in [-0.2, -0.15) is 0 Å². The molecule has 0 saturated carbocycles. The van der Waals surface area contributed by atoms with Gasteiger partial charge in [-0.15, -0.1) is 0 Å². The van der Waals surface area contributed by atoms with E-state index < -0.39 is 0 Å². The molecular weight excluding hydrogens is 210 g/mol. The highest BCUT2D eigenvalue weighted by atomic mass is 16.5. The highest BCUT2D eigenvalue weighted by Gasteiger charge is 1.95. The fourth-order valence-corrected chi connectivity index (χ4v) is 1.61. The monoisotopic (exact) mass is 235 g/mol. The number of hydrogen-bond acceptors (Lipinski definition) is 2. The van der Waals surface area contributed by atoms with Gasteiger partial charge in [-0.25, -0.2) is 0 Å². The molecule has 0 aliphatic rings. The minimum atomic E-state index is 0.783. The number of nitrogens with one attached hydrogen (secondary N) is 1. The van der Waals surface area contributed by atoms with Gasteiger partial charge in [0.05, 0.1) is 6.61 Å². The Balaban J connectivity index is 2.01. The van der Waals surface area contributed by atoms with Crippen molar-refractivity contribution in [2.45, 2.75) is 33.6 Å². The lowest BCUT2D eigenvalue weighted by molar-refractivity contribution is 0.307. The van der Waals surface area contributed by atoms with Gasteiger partial charge < -0.3 is 10.1 Å². The SMILES string of the molecule is Cc1cccc(OCCCNCCC(C)C)c1. The van der Waals surface area contributed by atoms with E-state index in [4.69, 9.17) is 4.74 Å². The van der Waals surface area contributed by atoms with Crippen molar-refractivity contribution in [3.63, 3.8) is 0 Å². The first-order valence-corrected chi connectivity index (χ1v) is 6.58. The summed E-state index contributed by atoms with van der Waals surface area (Å²) in [5, 5.41) is 3.43. The van der Waals surface area contributed by atoms with E-state index in [1.165, 1.54) is 12.0 Å². The molecule has 96 valence electrons. The molecule has 0 atom stereocenters. The van der Waals surface area contributed by atoms with Gasteiger partial charge in [0.25, 0.3) is 0 Å². The van der Waals surface area contributed by atoms with Crippen LogP contribution in [0.5, 0.6) is 5.75 Å². The molecule has 17 heavy (non-hydrogen) atoms. The molecule has 0 aliphatic carbocycles. The minimum Gasteiger partial charge on any atom is -0.494 e. The van der Waals surface area contributed by atoms with Crippen molar-refractivity contribution in [3.8, 4) is 5.75 Å². The summed E-state index contributed by atoms with van der Waals surface area (Å²) in [5.74, 6) is 1.76. The number of benzene rings is 1. The molecule has 0 aliphatic heterocycles. The van der Waals surface area contributed by atoms with Gasteiger partial charge in [0.1, 0.15) is 5.75 Å². The Bertz CT molecular complexity index is 310. The predicted molar refractivity (Wildman–Crippen MR) is 73.6 cm³/mol. The van der Waals surface area contributed by atoms with Crippen LogP contribution in [-0.4, -0.2) is 19.7 Å². The number of rotatable bonds is 8. The average molecular weight is 235 g/mol. The molecule has 0 amide bonds. The van der Waals surface area contributed by atoms with Gasteiger partial charge in [0.2, 0.25) is 0 Å². The summed E-state index contributed by atoms with van der Waals surface area (Å²) >= 11 is 0. The molecule has 0 spiro atoms. The van der Waals surface area contributed by atoms with Crippen LogP contribution in [0.1, 0.15) is 32.3 Å². The molecule has 0 unspecified atom stereocenters. The molecule has 1 rings (SSSR count). The van der Waals surface area contributed by atoms with E-state index in [2.05, 4.69) is 38.2 Å². The van der Waals surface area contributed by atoms with E-state index >= 15 is 0 Å². The van der Waals surface area contributed by atoms with E-state index in [1.807, 2.05) is 12.1 Å². The van der Waals surface area contributed by atoms with Crippen LogP contribution in [0.2, 0.25) is 0 Å². The van der Waals surface area contributed by atoms with Crippen LogP contribution in [0.25, 0.3) is 0 Å². The van der Waals surface area contributed by atoms with Crippen molar-refractivity contribution < 1.29 is 4.74 Å². The fraction of sp³-hybridized carbons (Fsp3) is 0.600. The average Bonchev–Trinajstić information content (AvgIpc) is 2.27. The first kappa shape index (κ1) is 14.0. The zero-order chi connectivity index (χ0) is 12.5. The number of aryl methyl sites for hydroxylation is 1. The van der Waals surface area contributed by atoms with Crippen LogP contribution in [0, 0.1) is 12.8 Å². The first-order chi connectivity index (χ1) is 8.18. The summed E-state index contributed by atoms with van der Waals surface area (Å²) in [6.45, 7) is 9.53. The lowest BCUT2D eigenvalue weighted by atomic mass is 10.1. The third kappa shape index (κ3) is 7.01. The standard InChI is InChI=1S/C15H25NO/c1-13(2)8-10-16-9-5-11-17-15-7-4-6-14(3)12-15/h4,6-7,12-13,16H,5,8-11H2,1-3H3. The van der Waals surface area contributed by atoms with Gasteiger partial charge >= 0.3 is 0 Å². The Hall–Kier alpha value is -1.02. The Labute approximate surface area is 105 Å². The zero-order valence-electron chi connectivity index (χ0n) is 11.3. The van der Waals surface area contributed by atoms with Gasteiger partial charge in [0, 0.05) is 0 Å². The molecule has 0 radical (unpaired) electrons. The Morgan fingerprint density at radius 3 is 2.76 bits per heavy atom. The maximum atomic E-state index is 5.67. The Morgan fingerprint density at radius 1 is 1.24 bits per heavy atom. The van der Waals surface area contributed by atoms with Crippen LogP contribution in [-0.2, 0) is 0 Å². The number of ether oxygens (including phenoxy) is 1. The van der Waals surface area contributed by atoms with Gasteiger partial charge in [-0.1, -0.05) is 26.0 Å². The Kier molecular flexibility index (Phi) is 6.71. The second-order valence-corrected chi connectivity index (χ2v) is 4.95. The third-order valence-electron chi connectivity index (χ3n) is 2.65. The van der Waals surface area contributed by atoms with Crippen molar-refractivity contribution in [3.05, 3.63) is 29.8 Å². The summed E-state index contributed by atoms with van der Waals surface area (Å²) in [6.07, 6.45) is 2.31. The molecule has 1 aromatic carbocycles. The van der Waals surface area contributed by atoms with Crippen LogP contribution in [0.4, 0.5) is 0 Å². The minimum absolute atomic E-state index is 0.783. The van der Waals surface area contributed by atoms with Crippen LogP contribution < -0.4 is 10.1 Å². The van der Waals surface area contributed by atoms with E-state index in [1.54, 1.807) is 0 Å². The summed E-state index contributed by atoms with van der Waals surface area (Å²) in [5.41, 5.74) is 1.25. The molecule has 0 heterocycles. The second kappa shape index (κ2) is 8.13. The molecular formula is C15H25NO. The fourth-order valence-electron chi connectivity index (χ4n) is 1.61. The van der Waals surface area contributed by atoms with Gasteiger partial charge in [-0.05, 0) is 56.5 Å². The molecule has 0 fully saturated rings. The normalized spacial score (nSPS) is 10.8. The zero-order valence-corrected chi connectivity index (χ0v) is 11.3. The largest absolute Gasteiger partial charge is 0.494 e. The maximum Gasteiger partial charge on any atom is 0.119 e. The molecule has 0 aromatic heterocycles. The topological polar surface area (TPSA) is 21.3 Å². The van der Waals surface area contributed by atoms with Crippen molar-refractivity contribution in [1.29, 1.82) is 0 Å². The Morgan fingerprint density at radius 2 is 2.06 bits per heavy atom.